The van der Waals surface area contributed by atoms with Crippen LogP contribution in [0.1, 0.15) is 44.5 Å². The number of hydrogen-bond acceptors (Lipinski definition) is 6. The number of aliphatic hydroxyl groups is 1. The van der Waals surface area contributed by atoms with Crippen molar-refractivity contribution in [2.24, 2.45) is 5.92 Å². The average molecular weight is 326 g/mol. The van der Waals surface area contributed by atoms with Gasteiger partial charge in [-0.3, -0.25) is 15.0 Å². The van der Waals surface area contributed by atoms with Crippen LogP contribution in [0.2, 0.25) is 0 Å². The van der Waals surface area contributed by atoms with Gasteiger partial charge < -0.3 is 5.11 Å². The highest BCUT2D eigenvalue weighted by atomic mass is 32.1. The van der Waals surface area contributed by atoms with Crippen molar-refractivity contribution in [2.75, 3.05) is 25.0 Å². The molecule has 22 heavy (non-hydrogen) atoms. The van der Waals surface area contributed by atoms with E-state index in [1.165, 1.54) is 11.3 Å². The van der Waals surface area contributed by atoms with Gasteiger partial charge in [-0.15, -0.1) is 10.2 Å². The van der Waals surface area contributed by atoms with Gasteiger partial charge in [0.1, 0.15) is 5.01 Å². The highest BCUT2D eigenvalue weighted by Crippen LogP contribution is 2.22. The molecule has 124 valence electrons. The van der Waals surface area contributed by atoms with Crippen LogP contribution in [-0.4, -0.2) is 51.8 Å². The van der Waals surface area contributed by atoms with E-state index in [0.717, 1.165) is 43.7 Å². The van der Waals surface area contributed by atoms with Crippen LogP contribution in [0.5, 0.6) is 0 Å². The molecule has 0 bridgehead atoms. The molecule has 1 unspecified atom stereocenters. The van der Waals surface area contributed by atoms with Crippen LogP contribution in [0.3, 0.4) is 0 Å². The number of carbonyl (C=O) groups is 1. The third-order valence-corrected chi connectivity index (χ3v) is 4.70. The zero-order valence-electron chi connectivity index (χ0n) is 13.4. The second-order valence-electron chi connectivity index (χ2n) is 6.28. The van der Waals surface area contributed by atoms with Crippen molar-refractivity contribution < 1.29 is 9.90 Å². The number of anilines is 1. The molecule has 0 aliphatic carbocycles. The van der Waals surface area contributed by atoms with Gasteiger partial charge in [0.15, 0.2) is 0 Å². The second-order valence-corrected chi connectivity index (χ2v) is 7.34. The Labute approximate surface area is 135 Å². The van der Waals surface area contributed by atoms with Gasteiger partial charge in [-0.1, -0.05) is 25.2 Å². The predicted molar refractivity (Wildman–Crippen MR) is 88.0 cm³/mol. The fourth-order valence-corrected chi connectivity index (χ4v) is 3.80. The summed E-state index contributed by atoms with van der Waals surface area (Å²) in [6.07, 6.45) is 4.90. The molecule has 1 fully saturated rings. The Kier molecular flexibility index (Phi) is 6.72. The van der Waals surface area contributed by atoms with Crippen LogP contribution in [0.15, 0.2) is 0 Å². The van der Waals surface area contributed by atoms with Gasteiger partial charge in [0.25, 0.3) is 0 Å². The number of nitrogens with zero attached hydrogens (tertiary/aromatic N) is 3. The number of rotatable bonds is 8. The Morgan fingerprint density at radius 1 is 1.50 bits per heavy atom. The van der Waals surface area contributed by atoms with E-state index in [-0.39, 0.29) is 12.5 Å². The molecule has 1 amide bonds. The smallest absolute Gasteiger partial charge is 0.240 e. The number of carbonyl (C=O) groups excluding carboxylic acids is 1. The van der Waals surface area contributed by atoms with Crippen LogP contribution in [-0.2, 0) is 11.2 Å². The number of amides is 1. The minimum atomic E-state index is -0.0249. The Hall–Kier alpha value is -1.05. The standard InChI is InChI=1S/C15H26N4O2S/c1-11(2)9-14-17-18-15(22-14)16-13(21)10-19-7-3-5-12(19)6-4-8-20/h11-12,20H,3-10H2,1-2H3,(H,16,18,21). The van der Waals surface area contributed by atoms with E-state index in [4.69, 9.17) is 5.11 Å². The van der Waals surface area contributed by atoms with Gasteiger partial charge >= 0.3 is 0 Å². The first-order valence-corrected chi connectivity index (χ1v) is 8.87. The number of likely N-dealkylation sites (tertiary alicyclic amines) is 1. The lowest BCUT2D eigenvalue weighted by Crippen LogP contribution is -2.36. The van der Waals surface area contributed by atoms with Crippen molar-refractivity contribution in [3.63, 3.8) is 0 Å². The quantitative estimate of drug-likeness (QED) is 0.763. The molecule has 2 heterocycles. The molecule has 2 rings (SSSR count). The highest BCUT2D eigenvalue weighted by Gasteiger charge is 2.25. The zero-order valence-corrected chi connectivity index (χ0v) is 14.2. The molecule has 0 aromatic carbocycles. The van der Waals surface area contributed by atoms with Crippen molar-refractivity contribution in [1.29, 1.82) is 0 Å². The first-order valence-electron chi connectivity index (χ1n) is 8.05. The van der Waals surface area contributed by atoms with E-state index in [1.54, 1.807) is 0 Å². The van der Waals surface area contributed by atoms with Crippen molar-refractivity contribution in [2.45, 2.75) is 52.0 Å². The van der Waals surface area contributed by atoms with Gasteiger partial charge in [0.2, 0.25) is 11.0 Å². The summed E-state index contributed by atoms with van der Waals surface area (Å²) < 4.78 is 0. The van der Waals surface area contributed by atoms with Crippen LogP contribution in [0.25, 0.3) is 0 Å². The highest BCUT2D eigenvalue weighted by molar-refractivity contribution is 7.15. The second kappa shape index (κ2) is 8.55. The lowest BCUT2D eigenvalue weighted by Gasteiger charge is -2.23. The van der Waals surface area contributed by atoms with Crippen LogP contribution >= 0.6 is 11.3 Å². The maximum Gasteiger partial charge on any atom is 0.240 e. The van der Waals surface area contributed by atoms with Crippen LogP contribution in [0, 0.1) is 5.92 Å². The van der Waals surface area contributed by atoms with E-state index in [0.29, 0.717) is 23.6 Å². The summed E-state index contributed by atoms with van der Waals surface area (Å²) >= 11 is 1.46. The molecule has 1 aliphatic rings. The van der Waals surface area contributed by atoms with Gasteiger partial charge in [-0.25, -0.2) is 0 Å². The fraction of sp³-hybridized carbons (Fsp3) is 0.800. The predicted octanol–water partition coefficient (Wildman–Crippen LogP) is 1.91. The summed E-state index contributed by atoms with van der Waals surface area (Å²) in [4.78, 5) is 14.4. The Balaban J connectivity index is 1.80. The molecule has 0 spiro atoms. The lowest BCUT2D eigenvalue weighted by atomic mass is 10.1. The number of aliphatic hydroxyl groups excluding tert-OH is 1. The molecule has 1 aromatic heterocycles. The fourth-order valence-electron chi connectivity index (χ4n) is 2.84. The molecular weight excluding hydrogens is 300 g/mol. The van der Waals surface area contributed by atoms with Crippen molar-refractivity contribution in [3.8, 4) is 0 Å². The van der Waals surface area contributed by atoms with Gasteiger partial charge in [-0.2, -0.15) is 0 Å². The van der Waals surface area contributed by atoms with Crippen LogP contribution < -0.4 is 5.32 Å². The lowest BCUT2D eigenvalue weighted by molar-refractivity contribution is -0.117. The van der Waals surface area contributed by atoms with Crippen molar-refractivity contribution in [3.05, 3.63) is 5.01 Å². The largest absolute Gasteiger partial charge is 0.396 e. The molecule has 0 saturated carbocycles. The first kappa shape index (κ1) is 17.3. The third-order valence-electron chi connectivity index (χ3n) is 3.84. The van der Waals surface area contributed by atoms with E-state index in [2.05, 4.69) is 34.3 Å². The Bertz CT molecular complexity index is 478. The number of nitrogens with one attached hydrogen (secondary N) is 1. The van der Waals surface area contributed by atoms with E-state index >= 15 is 0 Å². The maximum absolute atomic E-state index is 12.2. The van der Waals surface area contributed by atoms with Gasteiger partial charge in [-0.05, 0) is 38.1 Å². The van der Waals surface area contributed by atoms with E-state index in [1.807, 2.05) is 0 Å². The third kappa shape index (κ3) is 5.30. The molecular formula is C15H26N4O2S. The molecule has 1 aromatic rings. The number of aromatic nitrogens is 2. The van der Waals surface area contributed by atoms with Gasteiger partial charge in [0.05, 0.1) is 6.54 Å². The monoisotopic (exact) mass is 326 g/mol. The maximum atomic E-state index is 12.2. The Morgan fingerprint density at radius 2 is 2.32 bits per heavy atom. The molecule has 1 saturated heterocycles. The normalized spacial score (nSPS) is 19.0. The molecule has 6 nitrogen and oxygen atoms in total. The summed E-state index contributed by atoms with van der Waals surface area (Å²) in [7, 11) is 0. The topological polar surface area (TPSA) is 78.4 Å². The van der Waals surface area contributed by atoms with E-state index < -0.39 is 0 Å². The molecule has 7 heteroatoms. The van der Waals surface area contributed by atoms with Gasteiger partial charge in [0, 0.05) is 19.1 Å². The molecule has 2 N–H and O–H groups in total. The molecule has 0 radical (unpaired) electrons. The first-order chi connectivity index (χ1) is 10.6. The summed E-state index contributed by atoms with van der Waals surface area (Å²) in [6, 6.07) is 0.420. The SMILES string of the molecule is CC(C)Cc1nnc(NC(=O)CN2CCCC2CCCO)s1. The minimum absolute atomic E-state index is 0.0249. The molecule has 1 atom stereocenters. The van der Waals surface area contributed by atoms with Crippen molar-refractivity contribution in [1.82, 2.24) is 15.1 Å². The summed E-state index contributed by atoms with van der Waals surface area (Å²) in [6.45, 7) is 5.85. The zero-order chi connectivity index (χ0) is 15.9. The average Bonchev–Trinajstić information content (AvgIpc) is 3.05. The molecule has 1 aliphatic heterocycles. The minimum Gasteiger partial charge on any atom is -0.396 e. The van der Waals surface area contributed by atoms with Crippen molar-refractivity contribution >= 4 is 22.4 Å². The number of hydrogen-bond donors (Lipinski definition) is 2. The summed E-state index contributed by atoms with van der Waals surface area (Å²) in [5.74, 6) is 0.511. The summed E-state index contributed by atoms with van der Waals surface area (Å²) in [5, 5.41) is 21.5. The Morgan fingerprint density at radius 3 is 3.05 bits per heavy atom. The summed E-state index contributed by atoms with van der Waals surface area (Å²) in [5.41, 5.74) is 0. The van der Waals surface area contributed by atoms with E-state index in [9.17, 15) is 4.79 Å². The van der Waals surface area contributed by atoms with Crippen LogP contribution in [0.4, 0.5) is 5.13 Å².